The van der Waals surface area contributed by atoms with Crippen molar-refractivity contribution in [3.05, 3.63) is 24.0 Å². The maximum absolute atomic E-state index is 12.3. The number of rotatable bonds is 7. The van der Waals surface area contributed by atoms with Gasteiger partial charge in [-0.1, -0.05) is 0 Å². The zero-order valence-corrected chi connectivity index (χ0v) is 14.4. The van der Waals surface area contributed by atoms with Crippen molar-refractivity contribution in [3.63, 3.8) is 0 Å². The molecule has 2 N–H and O–H groups in total. The number of methoxy groups -OCH3 is 1. The van der Waals surface area contributed by atoms with Crippen LogP contribution in [0.5, 0.6) is 0 Å². The molecule has 1 aliphatic rings. The number of carbonyl (C=O) groups is 2. The summed E-state index contributed by atoms with van der Waals surface area (Å²) in [5.74, 6) is -0.176. The summed E-state index contributed by atoms with van der Waals surface area (Å²) in [6.07, 6.45) is 5.21. The molecule has 0 saturated carbocycles. The lowest BCUT2D eigenvalue weighted by Gasteiger charge is -2.32. The molecule has 1 unspecified atom stereocenters. The second-order valence-electron chi connectivity index (χ2n) is 6.02. The van der Waals surface area contributed by atoms with Crippen LogP contribution in [0.1, 0.15) is 18.4 Å². The lowest BCUT2D eigenvalue weighted by Crippen LogP contribution is -2.47. The number of hydrogen-bond acceptors (Lipinski definition) is 5. The predicted octanol–water partition coefficient (Wildman–Crippen LogP) is 0.803. The maximum atomic E-state index is 12.3. The molecule has 1 fully saturated rings. The zero-order chi connectivity index (χ0) is 17.4. The minimum atomic E-state index is -0.137. The summed E-state index contributed by atoms with van der Waals surface area (Å²) >= 11 is 0. The van der Waals surface area contributed by atoms with E-state index in [1.807, 2.05) is 13.0 Å². The second-order valence-corrected chi connectivity index (χ2v) is 6.02. The fraction of sp³-hybridized carbons (Fsp3) is 0.588. The van der Waals surface area contributed by atoms with Crippen molar-refractivity contribution in [1.82, 2.24) is 15.2 Å². The summed E-state index contributed by atoms with van der Waals surface area (Å²) in [7, 11) is 1.50. The molecular weight excluding hydrogens is 308 g/mol. The van der Waals surface area contributed by atoms with Crippen molar-refractivity contribution in [2.45, 2.75) is 19.8 Å². The van der Waals surface area contributed by atoms with E-state index in [9.17, 15) is 9.59 Å². The minimum absolute atomic E-state index is 0.0122. The zero-order valence-electron chi connectivity index (χ0n) is 14.4. The van der Waals surface area contributed by atoms with Crippen molar-refractivity contribution in [2.24, 2.45) is 5.92 Å². The standard InChI is InChI=1S/C17H26N4O3/c1-13-10-18-6-5-15(13)19-7-8-20-17(23)14-4-3-9-21(11-14)16(22)12-24-2/h5-6,10,14H,3-4,7-9,11-12H2,1-2H3,(H,18,19)(H,20,23). The Labute approximate surface area is 142 Å². The van der Waals surface area contributed by atoms with E-state index >= 15 is 0 Å². The Hall–Kier alpha value is -2.15. The topological polar surface area (TPSA) is 83.6 Å². The number of nitrogens with zero attached hydrogens (tertiary/aromatic N) is 2. The molecule has 0 radical (unpaired) electrons. The lowest BCUT2D eigenvalue weighted by atomic mass is 9.97. The van der Waals surface area contributed by atoms with E-state index in [0.29, 0.717) is 26.2 Å². The quantitative estimate of drug-likeness (QED) is 0.721. The van der Waals surface area contributed by atoms with Gasteiger partial charge in [0.05, 0.1) is 5.92 Å². The van der Waals surface area contributed by atoms with Crippen molar-refractivity contribution >= 4 is 17.5 Å². The van der Waals surface area contributed by atoms with Gasteiger partial charge in [-0.15, -0.1) is 0 Å². The highest BCUT2D eigenvalue weighted by molar-refractivity contribution is 5.81. The Kier molecular flexibility index (Phi) is 6.99. The fourth-order valence-corrected chi connectivity index (χ4v) is 2.83. The summed E-state index contributed by atoms with van der Waals surface area (Å²) in [5.41, 5.74) is 2.09. The van der Waals surface area contributed by atoms with Gasteiger partial charge in [0.25, 0.3) is 0 Å². The summed E-state index contributed by atoms with van der Waals surface area (Å²) in [5, 5.41) is 6.23. The average Bonchev–Trinajstić information content (AvgIpc) is 2.60. The number of carbonyl (C=O) groups excluding carboxylic acids is 2. The molecular formula is C17H26N4O3. The molecule has 2 heterocycles. The van der Waals surface area contributed by atoms with Crippen LogP contribution in [0.4, 0.5) is 5.69 Å². The predicted molar refractivity (Wildman–Crippen MR) is 91.7 cm³/mol. The minimum Gasteiger partial charge on any atom is -0.383 e. The lowest BCUT2D eigenvalue weighted by molar-refractivity contribution is -0.138. The van der Waals surface area contributed by atoms with E-state index < -0.39 is 0 Å². The van der Waals surface area contributed by atoms with E-state index in [2.05, 4.69) is 15.6 Å². The Morgan fingerprint density at radius 2 is 2.25 bits per heavy atom. The summed E-state index contributed by atoms with van der Waals surface area (Å²) in [6.45, 7) is 4.43. The van der Waals surface area contributed by atoms with E-state index in [-0.39, 0.29) is 24.3 Å². The highest BCUT2D eigenvalue weighted by Gasteiger charge is 2.27. The molecule has 0 aliphatic carbocycles. The van der Waals surface area contributed by atoms with E-state index in [1.54, 1.807) is 17.3 Å². The number of ether oxygens (including phenoxy) is 1. The first-order valence-corrected chi connectivity index (χ1v) is 8.30. The number of nitrogens with one attached hydrogen (secondary N) is 2. The van der Waals surface area contributed by atoms with Crippen molar-refractivity contribution in [1.29, 1.82) is 0 Å². The first kappa shape index (κ1) is 18.2. The SMILES string of the molecule is COCC(=O)N1CCCC(C(=O)NCCNc2ccncc2C)C1. The third-order valence-corrected chi connectivity index (χ3v) is 4.17. The van der Waals surface area contributed by atoms with E-state index in [1.165, 1.54) is 7.11 Å². The molecule has 1 aromatic rings. The van der Waals surface area contributed by atoms with Crippen molar-refractivity contribution in [2.75, 3.05) is 45.2 Å². The molecule has 0 aromatic carbocycles. The second kappa shape index (κ2) is 9.22. The molecule has 1 atom stereocenters. The maximum Gasteiger partial charge on any atom is 0.248 e. The van der Waals surface area contributed by atoms with Crippen LogP contribution in [0.25, 0.3) is 0 Å². The molecule has 1 aliphatic heterocycles. The molecule has 0 bridgehead atoms. The van der Waals surface area contributed by atoms with Gasteiger partial charge >= 0.3 is 0 Å². The first-order chi connectivity index (χ1) is 11.6. The fourth-order valence-electron chi connectivity index (χ4n) is 2.83. The van der Waals surface area contributed by atoms with Crippen LogP contribution in [0.3, 0.4) is 0 Å². The largest absolute Gasteiger partial charge is 0.383 e. The van der Waals surface area contributed by atoms with Gasteiger partial charge in [0.15, 0.2) is 0 Å². The number of amides is 2. The monoisotopic (exact) mass is 334 g/mol. The van der Waals surface area contributed by atoms with Gasteiger partial charge in [-0.3, -0.25) is 14.6 Å². The molecule has 1 aromatic heterocycles. The molecule has 2 amide bonds. The van der Waals surface area contributed by atoms with Crippen molar-refractivity contribution < 1.29 is 14.3 Å². The number of pyridine rings is 1. The average molecular weight is 334 g/mol. The van der Waals surface area contributed by atoms with Crippen LogP contribution in [0, 0.1) is 12.8 Å². The van der Waals surface area contributed by atoms with Gasteiger partial charge in [-0.25, -0.2) is 0 Å². The van der Waals surface area contributed by atoms with Crippen LogP contribution < -0.4 is 10.6 Å². The number of anilines is 1. The first-order valence-electron chi connectivity index (χ1n) is 8.30. The molecule has 0 spiro atoms. The molecule has 24 heavy (non-hydrogen) atoms. The Morgan fingerprint density at radius 1 is 1.42 bits per heavy atom. The number of aryl methyl sites for hydroxylation is 1. The molecule has 132 valence electrons. The van der Waals surface area contributed by atoms with Crippen LogP contribution in [-0.4, -0.2) is 61.6 Å². The number of hydrogen-bond donors (Lipinski definition) is 2. The van der Waals surface area contributed by atoms with Crippen LogP contribution in [0.2, 0.25) is 0 Å². The highest BCUT2D eigenvalue weighted by Crippen LogP contribution is 2.17. The number of piperidine rings is 1. The Bertz CT molecular complexity index is 565. The van der Waals surface area contributed by atoms with Crippen LogP contribution >= 0.6 is 0 Å². The van der Waals surface area contributed by atoms with Gasteiger partial charge in [-0.05, 0) is 31.4 Å². The number of likely N-dealkylation sites (tertiary alicyclic amines) is 1. The molecule has 7 nitrogen and oxygen atoms in total. The Morgan fingerprint density at radius 3 is 3.00 bits per heavy atom. The molecule has 2 rings (SSSR count). The van der Waals surface area contributed by atoms with E-state index in [0.717, 1.165) is 24.1 Å². The Balaban J connectivity index is 1.72. The van der Waals surface area contributed by atoms with Crippen molar-refractivity contribution in [3.8, 4) is 0 Å². The van der Waals surface area contributed by atoms with Gasteiger partial charge in [0.1, 0.15) is 6.61 Å². The third kappa shape index (κ3) is 5.19. The van der Waals surface area contributed by atoms with Gasteiger partial charge in [0.2, 0.25) is 11.8 Å². The van der Waals surface area contributed by atoms with E-state index in [4.69, 9.17) is 4.74 Å². The van der Waals surface area contributed by atoms with Gasteiger partial charge in [-0.2, -0.15) is 0 Å². The molecule has 1 saturated heterocycles. The van der Waals surface area contributed by atoms with Gasteiger partial charge in [0, 0.05) is 51.4 Å². The molecule has 7 heteroatoms. The van der Waals surface area contributed by atoms with Gasteiger partial charge < -0.3 is 20.3 Å². The summed E-state index contributed by atoms with van der Waals surface area (Å²) in [4.78, 5) is 29.9. The highest BCUT2D eigenvalue weighted by atomic mass is 16.5. The number of aromatic nitrogens is 1. The third-order valence-electron chi connectivity index (χ3n) is 4.17. The van der Waals surface area contributed by atoms with Crippen LogP contribution in [-0.2, 0) is 14.3 Å². The summed E-state index contributed by atoms with van der Waals surface area (Å²) < 4.78 is 4.88. The smallest absolute Gasteiger partial charge is 0.248 e. The summed E-state index contributed by atoms with van der Waals surface area (Å²) in [6, 6.07) is 1.91. The normalized spacial score (nSPS) is 17.4. The van der Waals surface area contributed by atoms with Crippen LogP contribution in [0.15, 0.2) is 18.5 Å².